The Morgan fingerprint density at radius 1 is 1.05 bits per heavy atom. The van der Waals surface area contributed by atoms with Crippen LogP contribution in [0, 0.1) is 11.6 Å². The van der Waals surface area contributed by atoms with Gasteiger partial charge in [0, 0.05) is 21.2 Å². The molecular formula is C15H13Cl2F2N. The summed E-state index contributed by atoms with van der Waals surface area (Å²) < 4.78 is 27.5. The predicted octanol–water partition coefficient (Wildman–Crippen LogP) is 4.97. The van der Waals surface area contributed by atoms with Crippen LogP contribution in [0.3, 0.4) is 0 Å². The molecule has 1 nitrogen and oxygen atoms in total. The molecule has 1 N–H and O–H groups in total. The normalized spacial score (nSPS) is 12.4. The molecule has 2 rings (SSSR count). The van der Waals surface area contributed by atoms with Crippen molar-refractivity contribution >= 4 is 23.2 Å². The van der Waals surface area contributed by atoms with Gasteiger partial charge in [0.2, 0.25) is 0 Å². The van der Waals surface area contributed by atoms with E-state index in [1.807, 2.05) is 6.92 Å². The molecule has 0 amide bonds. The summed E-state index contributed by atoms with van der Waals surface area (Å²) in [6, 6.07) is 8.51. The van der Waals surface area contributed by atoms with Crippen LogP contribution in [0.4, 0.5) is 8.78 Å². The van der Waals surface area contributed by atoms with Crippen LogP contribution in [0.15, 0.2) is 36.4 Å². The standard InChI is InChI=1S/C15H13Cl2F2N/c1-2-20-15(9-5-3-8-12(18)14(9)19)13-10(16)6-4-7-11(13)17/h3-8,15,20H,2H2,1H3. The van der Waals surface area contributed by atoms with Crippen molar-refractivity contribution in [2.45, 2.75) is 13.0 Å². The number of rotatable bonds is 4. The van der Waals surface area contributed by atoms with Gasteiger partial charge in [-0.25, -0.2) is 8.78 Å². The third-order valence-corrected chi connectivity index (χ3v) is 3.65. The van der Waals surface area contributed by atoms with E-state index in [0.717, 1.165) is 6.07 Å². The SMILES string of the molecule is CCNC(c1cccc(F)c1F)c1c(Cl)cccc1Cl. The molecule has 5 heteroatoms. The minimum absolute atomic E-state index is 0.182. The Morgan fingerprint density at radius 2 is 1.65 bits per heavy atom. The van der Waals surface area contributed by atoms with Gasteiger partial charge in [-0.15, -0.1) is 0 Å². The highest BCUT2D eigenvalue weighted by atomic mass is 35.5. The first-order chi connectivity index (χ1) is 9.56. The van der Waals surface area contributed by atoms with E-state index >= 15 is 0 Å². The molecule has 1 unspecified atom stereocenters. The monoisotopic (exact) mass is 315 g/mol. The van der Waals surface area contributed by atoms with Crippen molar-refractivity contribution in [2.75, 3.05) is 6.54 Å². The van der Waals surface area contributed by atoms with Gasteiger partial charge in [-0.2, -0.15) is 0 Å². The van der Waals surface area contributed by atoms with Crippen LogP contribution in [0.2, 0.25) is 10.0 Å². The van der Waals surface area contributed by atoms with Crippen LogP contribution in [0.1, 0.15) is 24.1 Å². The molecule has 1 atom stereocenters. The molecule has 2 aromatic carbocycles. The summed E-state index contributed by atoms with van der Waals surface area (Å²) >= 11 is 12.3. The zero-order valence-electron chi connectivity index (χ0n) is 10.8. The number of nitrogens with one attached hydrogen (secondary N) is 1. The first kappa shape index (κ1) is 15.2. The van der Waals surface area contributed by atoms with Crippen molar-refractivity contribution in [1.29, 1.82) is 0 Å². The minimum Gasteiger partial charge on any atom is -0.306 e. The average Bonchev–Trinajstić information content (AvgIpc) is 2.41. The summed E-state index contributed by atoms with van der Waals surface area (Å²) in [5, 5.41) is 3.91. The van der Waals surface area contributed by atoms with Crippen molar-refractivity contribution in [1.82, 2.24) is 5.32 Å². The number of hydrogen-bond acceptors (Lipinski definition) is 1. The first-order valence-electron chi connectivity index (χ1n) is 6.17. The molecule has 0 saturated heterocycles. The van der Waals surface area contributed by atoms with Crippen molar-refractivity contribution < 1.29 is 8.78 Å². The highest BCUT2D eigenvalue weighted by Crippen LogP contribution is 2.35. The van der Waals surface area contributed by atoms with Crippen molar-refractivity contribution in [3.05, 3.63) is 69.2 Å². The first-order valence-corrected chi connectivity index (χ1v) is 6.93. The predicted molar refractivity (Wildman–Crippen MR) is 78.3 cm³/mol. The van der Waals surface area contributed by atoms with Gasteiger partial charge in [-0.1, -0.05) is 48.3 Å². The quantitative estimate of drug-likeness (QED) is 0.840. The second-order valence-electron chi connectivity index (χ2n) is 4.27. The molecule has 0 aliphatic rings. The highest BCUT2D eigenvalue weighted by molar-refractivity contribution is 6.36. The fourth-order valence-corrected chi connectivity index (χ4v) is 2.72. The van der Waals surface area contributed by atoms with E-state index in [4.69, 9.17) is 23.2 Å². The fourth-order valence-electron chi connectivity index (χ4n) is 2.10. The van der Waals surface area contributed by atoms with Gasteiger partial charge in [0.15, 0.2) is 11.6 Å². The van der Waals surface area contributed by atoms with Crippen molar-refractivity contribution in [2.24, 2.45) is 0 Å². The Bertz CT molecular complexity index is 597. The average molecular weight is 316 g/mol. The molecule has 0 spiro atoms. The van der Waals surface area contributed by atoms with Gasteiger partial charge in [-0.3, -0.25) is 0 Å². The van der Waals surface area contributed by atoms with Crippen molar-refractivity contribution in [3.8, 4) is 0 Å². The summed E-state index contributed by atoms with van der Waals surface area (Å²) in [4.78, 5) is 0. The molecule has 0 bridgehead atoms. The molecule has 0 aliphatic heterocycles. The minimum atomic E-state index is -0.895. The molecule has 0 saturated carbocycles. The second kappa shape index (κ2) is 6.53. The Kier molecular flexibility index (Phi) is 4.97. The van der Waals surface area contributed by atoms with E-state index < -0.39 is 17.7 Å². The van der Waals surface area contributed by atoms with Crippen molar-refractivity contribution in [3.63, 3.8) is 0 Å². The third-order valence-electron chi connectivity index (χ3n) is 2.99. The molecular weight excluding hydrogens is 303 g/mol. The van der Waals surface area contributed by atoms with E-state index in [1.54, 1.807) is 18.2 Å². The van der Waals surface area contributed by atoms with Gasteiger partial charge in [0.05, 0.1) is 6.04 Å². The van der Waals surface area contributed by atoms with Gasteiger partial charge >= 0.3 is 0 Å². The highest BCUT2D eigenvalue weighted by Gasteiger charge is 2.23. The van der Waals surface area contributed by atoms with Gasteiger partial charge in [0.1, 0.15) is 0 Å². The van der Waals surface area contributed by atoms with Crippen LogP contribution in [-0.2, 0) is 0 Å². The van der Waals surface area contributed by atoms with E-state index in [-0.39, 0.29) is 5.56 Å². The number of hydrogen-bond donors (Lipinski definition) is 1. The summed E-state index contributed by atoms with van der Waals surface area (Å²) in [7, 11) is 0. The molecule has 0 aromatic heterocycles. The molecule has 0 heterocycles. The molecule has 0 radical (unpaired) electrons. The Hall–Kier alpha value is -1.16. The largest absolute Gasteiger partial charge is 0.306 e. The smallest absolute Gasteiger partial charge is 0.163 e. The van der Waals surface area contributed by atoms with Gasteiger partial charge in [-0.05, 0) is 24.7 Å². The van der Waals surface area contributed by atoms with Crippen LogP contribution >= 0.6 is 23.2 Å². The van der Waals surface area contributed by atoms with E-state index in [0.29, 0.717) is 22.2 Å². The zero-order chi connectivity index (χ0) is 14.7. The molecule has 2 aromatic rings. The molecule has 20 heavy (non-hydrogen) atoms. The molecule has 0 aliphatic carbocycles. The molecule has 106 valence electrons. The number of benzene rings is 2. The Labute approximate surface area is 126 Å². The zero-order valence-corrected chi connectivity index (χ0v) is 12.3. The van der Waals surface area contributed by atoms with Crippen LogP contribution in [0.25, 0.3) is 0 Å². The van der Waals surface area contributed by atoms with Gasteiger partial charge in [0.25, 0.3) is 0 Å². The summed E-state index contributed by atoms with van der Waals surface area (Å²) in [6.07, 6.45) is 0. The summed E-state index contributed by atoms with van der Waals surface area (Å²) in [5.74, 6) is -1.79. The fraction of sp³-hybridized carbons (Fsp3) is 0.200. The second-order valence-corrected chi connectivity index (χ2v) is 5.08. The van der Waals surface area contributed by atoms with E-state index in [1.165, 1.54) is 12.1 Å². The van der Waals surface area contributed by atoms with Crippen LogP contribution in [-0.4, -0.2) is 6.54 Å². The van der Waals surface area contributed by atoms with Crippen LogP contribution in [0.5, 0.6) is 0 Å². The summed E-state index contributed by atoms with van der Waals surface area (Å²) in [6.45, 7) is 2.43. The topological polar surface area (TPSA) is 12.0 Å². The lowest BCUT2D eigenvalue weighted by Crippen LogP contribution is -2.24. The van der Waals surface area contributed by atoms with E-state index in [9.17, 15) is 8.78 Å². The maximum absolute atomic E-state index is 14.0. The summed E-state index contributed by atoms with van der Waals surface area (Å²) in [5.41, 5.74) is 0.726. The van der Waals surface area contributed by atoms with Crippen LogP contribution < -0.4 is 5.32 Å². The lowest BCUT2D eigenvalue weighted by atomic mass is 9.97. The molecule has 0 fully saturated rings. The lowest BCUT2D eigenvalue weighted by molar-refractivity contribution is 0.483. The lowest BCUT2D eigenvalue weighted by Gasteiger charge is -2.22. The van der Waals surface area contributed by atoms with Gasteiger partial charge < -0.3 is 5.32 Å². The number of halogens is 4. The Balaban J connectivity index is 2.60. The van der Waals surface area contributed by atoms with E-state index in [2.05, 4.69) is 5.32 Å². The maximum Gasteiger partial charge on any atom is 0.163 e. The third kappa shape index (κ3) is 2.95. The maximum atomic E-state index is 14.0. The Morgan fingerprint density at radius 3 is 2.25 bits per heavy atom.